The molecule has 0 spiro atoms. The first-order chi connectivity index (χ1) is 20.7. The second-order valence-corrected chi connectivity index (χ2v) is 11.4. The van der Waals surface area contributed by atoms with Gasteiger partial charge in [0.15, 0.2) is 0 Å². The van der Waals surface area contributed by atoms with E-state index in [1.807, 2.05) is 31.2 Å². The van der Waals surface area contributed by atoms with Crippen molar-refractivity contribution in [2.75, 3.05) is 40.9 Å². The number of carbonyl (C=O) groups excluding carboxylic acids is 4. The molecule has 0 bridgehead atoms. The second kappa shape index (κ2) is 14.4. The van der Waals surface area contributed by atoms with E-state index >= 15 is 0 Å². The smallest absolute Gasteiger partial charge is 0.410 e. The summed E-state index contributed by atoms with van der Waals surface area (Å²) in [7, 11) is 4.73. The molecule has 43 heavy (non-hydrogen) atoms. The molecule has 3 amide bonds. The monoisotopic (exact) mass is 589 g/mol. The molecule has 0 radical (unpaired) electrons. The Bertz CT molecular complexity index is 1290. The van der Waals surface area contributed by atoms with Crippen LogP contribution in [-0.4, -0.2) is 91.6 Å². The third-order valence-electron chi connectivity index (χ3n) is 8.81. The topological polar surface area (TPSA) is 96.5 Å². The number of hydrogen-bond acceptors (Lipinski definition) is 6. The van der Waals surface area contributed by atoms with Gasteiger partial charge in [0.05, 0.1) is 6.42 Å². The van der Waals surface area contributed by atoms with Crippen molar-refractivity contribution >= 4 is 23.9 Å². The minimum atomic E-state index is -1.07. The fourth-order valence-corrected chi connectivity index (χ4v) is 6.30. The molecule has 2 aromatic carbocycles. The Morgan fingerprint density at radius 1 is 0.884 bits per heavy atom. The minimum Gasteiger partial charge on any atom is -0.461 e. The molecule has 230 valence electrons. The molecule has 0 saturated heterocycles. The number of amides is 3. The van der Waals surface area contributed by atoms with Crippen LogP contribution < -0.4 is 0 Å². The average molecular weight is 590 g/mol. The molecule has 0 unspecified atom stereocenters. The maximum atomic E-state index is 14.2. The number of benzene rings is 2. The highest BCUT2D eigenvalue weighted by Crippen LogP contribution is 2.44. The van der Waals surface area contributed by atoms with Gasteiger partial charge in [-0.15, -0.1) is 0 Å². The van der Waals surface area contributed by atoms with Gasteiger partial charge in [-0.1, -0.05) is 74.0 Å². The van der Waals surface area contributed by atoms with Crippen molar-refractivity contribution in [3.63, 3.8) is 0 Å². The first-order valence-electron chi connectivity index (χ1n) is 15.1. The van der Waals surface area contributed by atoms with Gasteiger partial charge in [0, 0.05) is 33.6 Å². The van der Waals surface area contributed by atoms with E-state index < -0.39 is 30.1 Å². The quantitative estimate of drug-likeness (QED) is 0.259. The summed E-state index contributed by atoms with van der Waals surface area (Å²) in [5.41, 5.74) is 4.47. The van der Waals surface area contributed by atoms with Crippen LogP contribution in [0, 0.1) is 5.92 Å². The predicted molar refractivity (Wildman–Crippen MR) is 164 cm³/mol. The molecule has 9 heteroatoms. The molecule has 0 heterocycles. The Balaban J connectivity index is 1.53. The lowest BCUT2D eigenvalue weighted by atomic mass is 9.95. The summed E-state index contributed by atoms with van der Waals surface area (Å²) in [5.74, 6) is -1.58. The highest BCUT2D eigenvalue weighted by atomic mass is 16.6. The van der Waals surface area contributed by atoms with Gasteiger partial charge in [-0.05, 0) is 47.9 Å². The first kappa shape index (κ1) is 31.8. The van der Waals surface area contributed by atoms with Crippen LogP contribution in [0.3, 0.4) is 0 Å². The minimum absolute atomic E-state index is 0.0102. The fourth-order valence-electron chi connectivity index (χ4n) is 6.30. The van der Waals surface area contributed by atoms with E-state index in [2.05, 4.69) is 30.8 Å². The van der Waals surface area contributed by atoms with Crippen LogP contribution in [0.15, 0.2) is 61.2 Å². The van der Waals surface area contributed by atoms with Crippen LogP contribution in [0.2, 0.25) is 0 Å². The van der Waals surface area contributed by atoms with Crippen molar-refractivity contribution in [1.29, 1.82) is 0 Å². The molecule has 0 aliphatic heterocycles. The summed E-state index contributed by atoms with van der Waals surface area (Å²) in [6, 6.07) is 14.3. The van der Waals surface area contributed by atoms with Crippen LogP contribution in [0.5, 0.6) is 0 Å². The Morgan fingerprint density at radius 3 is 2.02 bits per heavy atom. The van der Waals surface area contributed by atoms with Gasteiger partial charge < -0.3 is 19.3 Å². The van der Waals surface area contributed by atoms with Crippen molar-refractivity contribution in [1.82, 2.24) is 14.7 Å². The lowest BCUT2D eigenvalue weighted by molar-refractivity contribution is -0.153. The number of hydrogen-bond donors (Lipinski definition) is 0. The van der Waals surface area contributed by atoms with Gasteiger partial charge in [-0.3, -0.25) is 19.3 Å². The summed E-state index contributed by atoms with van der Waals surface area (Å²) >= 11 is 0. The van der Waals surface area contributed by atoms with Crippen molar-refractivity contribution in [2.24, 2.45) is 5.92 Å². The average Bonchev–Trinajstić information content (AvgIpc) is 3.67. The molecule has 2 aliphatic carbocycles. The van der Waals surface area contributed by atoms with E-state index in [1.54, 1.807) is 14.1 Å². The van der Waals surface area contributed by atoms with Crippen LogP contribution in [-0.2, 0) is 23.9 Å². The summed E-state index contributed by atoms with van der Waals surface area (Å²) in [4.78, 5) is 57.8. The van der Waals surface area contributed by atoms with Gasteiger partial charge in [-0.2, -0.15) is 0 Å². The number of nitrogens with zero attached hydrogens (tertiary/aromatic N) is 3. The third kappa shape index (κ3) is 6.92. The lowest BCUT2D eigenvalue weighted by Gasteiger charge is -2.37. The van der Waals surface area contributed by atoms with Crippen LogP contribution in [0.1, 0.15) is 56.1 Å². The molecule has 2 atom stereocenters. The molecule has 2 aliphatic rings. The van der Waals surface area contributed by atoms with Gasteiger partial charge in [0.2, 0.25) is 11.8 Å². The number of carbonyl (C=O) groups is 4. The Labute approximate surface area is 254 Å². The largest absolute Gasteiger partial charge is 0.461 e. The van der Waals surface area contributed by atoms with E-state index in [0.29, 0.717) is 6.54 Å². The van der Waals surface area contributed by atoms with Gasteiger partial charge >= 0.3 is 12.1 Å². The lowest BCUT2D eigenvalue weighted by Crippen LogP contribution is -2.57. The molecule has 1 fully saturated rings. The highest BCUT2D eigenvalue weighted by Gasteiger charge is 2.42. The first-order valence-corrected chi connectivity index (χ1v) is 15.1. The standard InChI is InChI=1S/C34H43N3O6/c1-6-20-42-30(38)21-29(32(39)35(3)7-2)36(4)33(40)31(23-14-8-9-15-23)37(5)34(41)43-22-28-26-18-12-10-16-24(26)25-17-11-13-19-27(25)28/h6,10-13,16-19,23,28-29,31H,1,7-9,14-15,20-22H2,2-5H3/t29-,31-/m0/s1. The maximum absolute atomic E-state index is 14.2. The zero-order valence-corrected chi connectivity index (χ0v) is 25.7. The highest BCUT2D eigenvalue weighted by molar-refractivity contribution is 5.93. The van der Waals surface area contributed by atoms with Gasteiger partial charge in [-0.25, -0.2) is 4.79 Å². The molecule has 9 nitrogen and oxygen atoms in total. The van der Waals surface area contributed by atoms with E-state index in [1.165, 1.54) is 27.8 Å². The summed E-state index contributed by atoms with van der Waals surface area (Å²) in [5, 5.41) is 0. The van der Waals surface area contributed by atoms with Crippen molar-refractivity contribution in [3.8, 4) is 11.1 Å². The van der Waals surface area contributed by atoms with Crippen LogP contribution in [0.25, 0.3) is 11.1 Å². The Hall–Kier alpha value is -4.14. The number of fused-ring (bicyclic) bond motifs is 3. The fraction of sp³-hybridized carbons (Fsp3) is 0.471. The number of esters is 1. The Morgan fingerprint density at radius 2 is 1.47 bits per heavy atom. The van der Waals surface area contributed by atoms with E-state index in [4.69, 9.17) is 9.47 Å². The molecule has 4 rings (SSSR count). The van der Waals surface area contributed by atoms with Crippen molar-refractivity contribution < 1.29 is 28.7 Å². The molecular weight excluding hydrogens is 546 g/mol. The molecule has 0 aromatic heterocycles. The van der Waals surface area contributed by atoms with Crippen molar-refractivity contribution in [2.45, 2.75) is 57.0 Å². The summed E-state index contributed by atoms with van der Waals surface area (Å²) in [6.07, 6.45) is 4.00. The Kier molecular flexibility index (Phi) is 10.6. The maximum Gasteiger partial charge on any atom is 0.410 e. The normalized spacial score (nSPS) is 15.5. The summed E-state index contributed by atoms with van der Waals surface area (Å²) in [6.45, 7) is 5.92. The zero-order chi connectivity index (χ0) is 31.1. The molecular formula is C34H43N3O6. The van der Waals surface area contributed by atoms with Crippen LogP contribution in [0.4, 0.5) is 4.79 Å². The second-order valence-electron chi connectivity index (χ2n) is 11.4. The molecule has 2 aromatic rings. The molecule has 1 saturated carbocycles. The van der Waals surface area contributed by atoms with E-state index in [9.17, 15) is 19.2 Å². The SMILES string of the molecule is C=CCOC(=O)C[C@@H](C(=O)N(C)CC)N(C)C(=O)[C@H](C1CCCC1)N(C)C(=O)OCC1c2ccccc2-c2ccccc21. The van der Waals surface area contributed by atoms with E-state index in [-0.39, 0.29) is 37.4 Å². The predicted octanol–water partition coefficient (Wildman–Crippen LogP) is 4.85. The van der Waals surface area contributed by atoms with Crippen LogP contribution >= 0.6 is 0 Å². The third-order valence-corrected chi connectivity index (χ3v) is 8.81. The van der Waals surface area contributed by atoms with Crippen molar-refractivity contribution in [3.05, 3.63) is 72.3 Å². The molecule has 0 N–H and O–H groups in total. The van der Waals surface area contributed by atoms with Gasteiger partial charge in [0.25, 0.3) is 0 Å². The van der Waals surface area contributed by atoms with E-state index in [0.717, 1.165) is 47.9 Å². The number of rotatable bonds is 12. The zero-order valence-electron chi connectivity index (χ0n) is 25.7. The number of likely N-dealkylation sites (N-methyl/N-ethyl adjacent to an activating group) is 3. The number of ether oxygens (including phenoxy) is 2. The summed E-state index contributed by atoms with van der Waals surface area (Å²) < 4.78 is 11.0. The van der Waals surface area contributed by atoms with Gasteiger partial charge in [0.1, 0.15) is 25.3 Å².